The fourth-order valence-electron chi connectivity index (χ4n) is 1.63. The van der Waals surface area contributed by atoms with Gasteiger partial charge in [0.25, 0.3) is 0 Å². The van der Waals surface area contributed by atoms with E-state index in [0.29, 0.717) is 5.02 Å². The molecule has 19 heavy (non-hydrogen) atoms. The van der Waals surface area contributed by atoms with Crippen LogP contribution in [0.5, 0.6) is 0 Å². The van der Waals surface area contributed by atoms with Gasteiger partial charge in [0, 0.05) is 14.6 Å². The molecule has 0 aliphatic rings. The maximum atomic E-state index is 9.29. The third-order valence-electron chi connectivity index (χ3n) is 2.54. The smallest absolute Gasteiger partial charge is 0.140 e. The zero-order chi connectivity index (χ0) is 13.8. The highest BCUT2D eigenvalue weighted by Gasteiger charge is 2.11. The van der Waals surface area contributed by atoms with Crippen molar-refractivity contribution in [1.29, 1.82) is 5.26 Å². The minimum Gasteiger partial charge on any atom is -0.366 e. The lowest BCUT2D eigenvalue weighted by atomic mass is 10.1. The molecule has 0 heterocycles. The van der Waals surface area contributed by atoms with Crippen LogP contribution >= 0.6 is 43.5 Å². The summed E-state index contributed by atoms with van der Waals surface area (Å²) in [5.74, 6) is 0. The second-order valence-corrected chi connectivity index (χ2v) is 6.07. The molecule has 2 nitrogen and oxygen atoms in total. The van der Waals surface area contributed by atoms with Gasteiger partial charge in [-0.1, -0.05) is 39.7 Å². The molecule has 0 saturated heterocycles. The summed E-state index contributed by atoms with van der Waals surface area (Å²) in [5.41, 5.74) is 1.74. The summed E-state index contributed by atoms with van der Waals surface area (Å²) >= 11 is 12.7. The molecule has 0 amide bonds. The van der Waals surface area contributed by atoms with Crippen LogP contribution in [0.4, 0.5) is 5.69 Å². The second kappa shape index (κ2) is 6.42. The van der Waals surface area contributed by atoms with E-state index in [9.17, 15) is 5.26 Å². The van der Waals surface area contributed by atoms with Crippen LogP contribution in [0.15, 0.2) is 51.4 Å². The molecule has 0 spiro atoms. The molecule has 0 radical (unpaired) electrons. The van der Waals surface area contributed by atoms with E-state index in [1.54, 1.807) is 6.07 Å². The van der Waals surface area contributed by atoms with E-state index in [0.717, 1.165) is 20.2 Å². The first-order valence-electron chi connectivity index (χ1n) is 5.47. The van der Waals surface area contributed by atoms with Crippen molar-refractivity contribution in [3.05, 3.63) is 62.0 Å². The molecule has 0 bridgehead atoms. The number of nitrogens with zero attached hydrogens (tertiary/aromatic N) is 1. The van der Waals surface area contributed by atoms with Gasteiger partial charge >= 0.3 is 0 Å². The maximum Gasteiger partial charge on any atom is 0.140 e. The Kier molecular flexibility index (Phi) is 4.87. The van der Waals surface area contributed by atoms with Gasteiger partial charge in [0.05, 0.1) is 11.1 Å². The Morgan fingerprint density at radius 1 is 1.16 bits per heavy atom. The quantitative estimate of drug-likeness (QED) is 0.734. The van der Waals surface area contributed by atoms with Crippen LogP contribution in [-0.2, 0) is 0 Å². The Hall–Kier alpha value is -1.02. The molecule has 5 heteroatoms. The van der Waals surface area contributed by atoms with Gasteiger partial charge in [0.2, 0.25) is 0 Å². The number of nitrogens with one attached hydrogen (secondary N) is 1. The normalized spacial score (nSPS) is 11.7. The van der Waals surface area contributed by atoms with Crippen molar-refractivity contribution >= 4 is 49.1 Å². The molecule has 96 valence electrons. The Morgan fingerprint density at radius 2 is 1.95 bits per heavy atom. The van der Waals surface area contributed by atoms with E-state index in [-0.39, 0.29) is 0 Å². The number of hydrogen-bond donors (Lipinski definition) is 1. The number of nitriles is 1. The van der Waals surface area contributed by atoms with E-state index in [4.69, 9.17) is 11.6 Å². The molecule has 1 atom stereocenters. The van der Waals surface area contributed by atoms with E-state index < -0.39 is 6.04 Å². The van der Waals surface area contributed by atoms with Crippen LogP contribution in [0.1, 0.15) is 11.6 Å². The van der Waals surface area contributed by atoms with Crippen molar-refractivity contribution < 1.29 is 0 Å². The molecule has 1 unspecified atom stereocenters. The lowest BCUT2D eigenvalue weighted by Gasteiger charge is -2.14. The maximum absolute atomic E-state index is 9.29. The summed E-state index contributed by atoms with van der Waals surface area (Å²) in [4.78, 5) is 0. The highest BCUT2D eigenvalue weighted by molar-refractivity contribution is 9.10. The van der Waals surface area contributed by atoms with E-state index in [1.807, 2.05) is 36.4 Å². The summed E-state index contributed by atoms with van der Waals surface area (Å²) in [5, 5.41) is 13.1. The monoisotopic (exact) mass is 398 g/mol. The molecular weight excluding hydrogens is 391 g/mol. The summed E-state index contributed by atoms with van der Waals surface area (Å²) in [6.07, 6.45) is 0. The predicted molar refractivity (Wildman–Crippen MR) is 85.3 cm³/mol. The van der Waals surface area contributed by atoms with E-state index >= 15 is 0 Å². The first-order valence-corrected chi connectivity index (χ1v) is 7.43. The van der Waals surface area contributed by atoms with Gasteiger partial charge < -0.3 is 5.32 Å². The molecular formula is C14H9Br2ClN2. The summed E-state index contributed by atoms with van der Waals surface area (Å²) < 4.78 is 1.74. The molecule has 0 aliphatic carbocycles. The Balaban J connectivity index is 2.24. The van der Waals surface area contributed by atoms with Crippen molar-refractivity contribution in [3.63, 3.8) is 0 Å². The molecule has 0 fully saturated rings. The lowest BCUT2D eigenvalue weighted by molar-refractivity contribution is 0.996. The van der Waals surface area contributed by atoms with Crippen molar-refractivity contribution in [2.45, 2.75) is 6.04 Å². The van der Waals surface area contributed by atoms with Gasteiger partial charge in [0.1, 0.15) is 6.04 Å². The highest BCUT2D eigenvalue weighted by atomic mass is 79.9. The first-order chi connectivity index (χ1) is 9.10. The molecule has 2 aromatic rings. The van der Waals surface area contributed by atoms with Gasteiger partial charge in [-0.3, -0.25) is 0 Å². The van der Waals surface area contributed by atoms with Crippen LogP contribution in [0.3, 0.4) is 0 Å². The highest BCUT2D eigenvalue weighted by Crippen LogP contribution is 2.28. The van der Waals surface area contributed by atoms with Gasteiger partial charge in [-0.2, -0.15) is 5.26 Å². The molecule has 0 aliphatic heterocycles. The summed E-state index contributed by atoms with van der Waals surface area (Å²) in [6.45, 7) is 0. The van der Waals surface area contributed by atoms with Crippen LogP contribution < -0.4 is 5.32 Å². The zero-order valence-electron chi connectivity index (χ0n) is 9.70. The van der Waals surface area contributed by atoms with Crippen LogP contribution in [-0.4, -0.2) is 0 Å². The second-order valence-electron chi connectivity index (χ2n) is 3.89. The SMILES string of the molecule is N#CC(Nc1ccc(Cl)c(Br)c1)c1cccc(Br)c1. The lowest BCUT2D eigenvalue weighted by Crippen LogP contribution is -2.08. The van der Waals surface area contributed by atoms with Gasteiger partial charge in [-0.15, -0.1) is 0 Å². The van der Waals surface area contributed by atoms with Gasteiger partial charge in [-0.25, -0.2) is 0 Å². The number of halogens is 3. The fourth-order valence-corrected chi connectivity index (χ4v) is 2.54. The van der Waals surface area contributed by atoms with Crippen molar-refractivity contribution in [3.8, 4) is 6.07 Å². The van der Waals surface area contributed by atoms with Gasteiger partial charge in [0.15, 0.2) is 0 Å². The molecule has 0 aromatic heterocycles. The molecule has 2 rings (SSSR count). The minimum atomic E-state index is -0.412. The van der Waals surface area contributed by atoms with Crippen LogP contribution in [0.25, 0.3) is 0 Å². The third kappa shape index (κ3) is 3.73. The molecule has 2 aromatic carbocycles. The third-order valence-corrected chi connectivity index (χ3v) is 4.25. The predicted octanol–water partition coefficient (Wildman–Crippen LogP) is 5.54. The van der Waals surface area contributed by atoms with E-state index in [1.165, 1.54) is 0 Å². The van der Waals surface area contributed by atoms with E-state index in [2.05, 4.69) is 43.2 Å². The standard InChI is InChI=1S/C14H9Br2ClN2/c15-10-3-1-2-9(6-10)14(8-18)19-11-4-5-13(17)12(16)7-11/h1-7,14,19H. The first kappa shape index (κ1) is 14.4. The molecule has 0 saturated carbocycles. The summed E-state index contributed by atoms with van der Waals surface area (Å²) in [6, 6.07) is 15.0. The van der Waals surface area contributed by atoms with Crippen molar-refractivity contribution in [2.75, 3.05) is 5.32 Å². The number of anilines is 1. The van der Waals surface area contributed by atoms with Crippen molar-refractivity contribution in [2.24, 2.45) is 0 Å². The fraction of sp³-hybridized carbons (Fsp3) is 0.0714. The Bertz CT molecular complexity index is 638. The number of benzene rings is 2. The average molecular weight is 401 g/mol. The van der Waals surface area contributed by atoms with Gasteiger partial charge in [-0.05, 0) is 51.8 Å². The minimum absolute atomic E-state index is 0.412. The van der Waals surface area contributed by atoms with Crippen molar-refractivity contribution in [1.82, 2.24) is 0 Å². The average Bonchev–Trinajstić information content (AvgIpc) is 2.40. The largest absolute Gasteiger partial charge is 0.366 e. The van der Waals surface area contributed by atoms with Crippen LogP contribution in [0, 0.1) is 11.3 Å². The Labute approximate surface area is 133 Å². The molecule has 1 N–H and O–H groups in total. The topological polar surface area (TPSA) is 35.8 Å². The number of hydrogen-bond acceptors (Lipinski definition) is 2. The number of rotatable bonds is 3. The summed E-state index contributed by atoms with van der Waals surface area (Å²) in [7, 11) is 0. The zero-order valence-corrected chi connectivity index (χ0v) is 13.6. The van der Waals surface area contributed by atoms with Crippen LogP contribution in [0.2, 0.25) is 5.02 Å². The Morgan fingerprint density at radius 3 is 2.58 bits per heavy atom.